The zero-order chi connectivity index (χ0) is 14.7. The molecule has 0 spiro atoms. The SMILES string of the molecule is COC(OC)c1c(-c2ccc(F)cc2)ncn1C(C)C. The quantitative estimate of drug-likeness (QED) is 0.785. The van der Waals surface area contributed by atoms with Crippen LogP contribution in [0.3, 0.4) is 0 Å². The third kappa shape index (κ3) is 2.73. The summed E-state index contributed by atoms with van der Waals surface area (Å²) in [4.78, 5) is 4.43. The van der Waals surface area contributed by atoms with Gasteiger partial charge in [0, 0.05) is 25.8 Å². The molecule has 0 saturated carbocycles. The fourth-order valence-electron chi connectivity index (χ4n) is 2.17. The molecule has 0 fully saturated rings. The topological polar surface area (TPSA) is 36.3 Å². The van der Waals surface area contributed by atoms with Crippen LogP contribution >= 0.6 is 0 Å². The van der Waals surface area contributed by atoms with Crippen LogP contribution in [0.2, 0.25) is 0 Å². The summed E-state index contributed by atoms with van der Waals surface area (Å²) in [5, 5.41) is 0. The lowest BCUT2D eigenvalue weighted by atomic mass is 10.1. The van der Waals surface area contributed by atoms with Gasteiger partial charge in [0.15, 0.2) is 0 Å². The smallest absolute Gasteiger partial charge is 0.200 e. The van der Waals surface area contributed by atoms with E-state index in [9.17, 15) is 4.39 Å². The fourth-order valence-corrected chi connectivity index (χ4v) is 2.17. The Bertz CT molecular complexity index is 560. The van der Waals surface area contributed by atoms with Crippen molar-refractivity contribution in [2.75, 3.05) is 14.2 Å². The first-order valence-corrected chi connectivity index (χ1v) is 6.46. The second-order valence-electron chi connectivity index (χ2n) is 4.79. The molecule has 108 valence electrons. The summed E-state index contributed by atoms with van der Waals surface area (Å²) in [6, 6.07) is 6.46. The van der Waals surface area contributed by atoms with Crippen molar-refractivity contribution in [3.63, 3.8) is 0 Å². The van der Waals surface area contributed by atoms with Gasteiger partial charge in [0.1, 0.15) is 11.5 Å². The van der Waals surface area contributed by atoms with Gasteiger partial charge in [-0.3, -0.25) is 0 Å². The zero-order valence-corrected chi connectivity index (χ0v) is 12.1. The number of aromatic nitrogens is 2. The number of methoxy groups -OCH3 is 2. The molecule has 0 unspecified atom stereocenters. The summed E-state index contributed by atoms with van der Waals surface area (Å²) in [6.07, 6.45) is 1.24. The number of benzene rings is 1. The van der Waals surface area contributed by atoms with Crippen molar-refractivity contribution in [3.05, 3.63) is 42.1 Å². The van der Waals surface area contributed by atoms with E-state index in [2.05, 4.69) is 18.8 Å². The summed E-state index contributed by atoms with van der Waals surface area (Å²) >= 11 is 0. The maximum atomic E-state index is 13.1. The number of nitrogens with zero attached hydrogens (tertiary/aromatic N) is 2. The molecule has 0 saturated heterocycles. The van der Waals surface area contributed by atoms with Crippen LogP contribution in [0.25, 0.3) is 11.3 Å². The van der Waals surface area contributed by atoms with Crippen molar-refractivity contribution in [1.29, 1.82) is 0 Å². The van der Waals surface area contributed by atoms with Crippen LogP contribution in [0.15, 0.2) is 30.6 Å². The van der Waals surface area contributed by atoms with Crippen LogP contribution in [0.5, 0.6) is 0 Å². The van der Waals surface area contributed by atoms with Crippen molar-refractivity contribution in [3.8, 4) is 11.3 Å². The minimum atomic E-state index is -0.514. The van der Waals surface area contributed by atoms with Gasteiger partial charge in [0.05, 0.1) is 12.0 Å². The Balaban J connectivity index is 2.55. The van der Waals surface area contributed by atoms with E-state index in [1.54, 1.807) is 32.7 Å². The zero-order valence-electron chi connectivity index (χ0n) is 12.1. The highest BCUT2D eigenvalue weighted by Gasteiger charge is 2.23. The first-order valence-electron chi connectivity index (χ1n) is 6.46. The van der Waals surface area contributed by atoms with Crippen molar-refractivity contribution in [2.24, 2.45) is 0 Å². The second-order valence-corrected chi connectivity index (χ2v) is 4.79. The summed E-state index contributed by atoms with van der Waals surface area (Å²) in [5.74, 6) is -0.270. The van der Waals surface area contributed by atoms with E-state index >= 15 is 0 Å². The van der Waals surface area contributed by atoms with Gasteiger partial charge in [0.25, 0.3) is 0 Å². The third-order valence-corrected chi connectivity index (χ3v) is 3.16. The molecule has 2 aromatic rings. The molecule has 2 rings (SSSR count). The van der Waals surface area contributed by atoms with Gasteiger partial charge in [-0.1, -0.05) is 0 Å². The van der Waals surface area contributed by atoms with Gasteiger partial charge in [-0.05, 0) is 38.1 Å². The Morgan fingerprint density at radius 1 is 1.10 bits per heavy atom. The molecule has 1 heterocycles. The van der Waals surface area contributed by atoms with E-state index in [4.69, 9.17) is 9.47 Å². The van der Waals surface area contributed by atoms with E-state index in [0.717, 1.165) is 17.0 Å². The molecule has 0 amide bonds. The number of hydrogen-bond donors (Lipinski definition) is 0. The van der Waals surface area contributed by atoms with Crippen molar-refractivity contribution in [1.82, 2.24) is 9.55 Å². The van der Waals surface area contributed by atoms with Crippen molar-refractivity contribution < 1.29 is 13.9 Å². The Labute approximate surface area is 118 Å². The highest BCUT2D eigenvalue weighted by atomic mass is 19.1. The Morgan fingerprint density at radius 3 is 2.20 bits per heavy atom. The van der Waals surface area contributed by atoms with E-state index in [0.29, 0.717) is 0 Å². The molecule has 0 aliphatic carbocycles. The molecular formula is C15H19FN2O2. The minimum absolute atomic E-state index is 0.222. The average Bonchev–Trinajstić information content (AvgIpc) is 2.86. The molecule has 20 heavy (non-hydrogen) atoms. The van der Waals surface area contributed by atoms with Crippen molar-refractivity contribution in [2.45, 2.75) is 26.2 Å². The van der Waals surface area contributed by atoms with E-state index in [1.807, 2.05) is 4.57 Å². The summed E-state index contributed by atoms with van der Waals surface area (Å²) < 4.78 is 25.8. The van der Waals surface area contributed by atoms with E-state index in [-0.39, 0.29) is 11.9 Å². The van der Waals surface area contributed by atoms with Gasteiger partial charge in [-0.25, -0.2) is 9.37 Å². The fraction of sp³-hybridized carbons (Fsp3) is 0.400. The molecular weight excluding hydrogens is 259 g/mol. The highest BCUT2D eigenvalue weighted by Crippen LogP contribution is 2.31. The molecule has 0 bridgehead atoms. The number of rotatable bonds is 5. The Morgan fingerprint density at radius 2 is 1.70 bits per heavy atom. The van der Waals surface area contributed by atoms with Crippen LogP contribution in [-0.4, -0.2) is 23.8 Å². The average molecular weight is 278 g/mol. The molecule has 0 aliphatic rings. The molecule has 0 atom stereocenters. The predicted octanol–water partition coefficient (Wildman–Crippen LogP) is 3.56. The minimum Gasteiger partial charge on any atom is -0.350 e. The lowest BCUT2D eigenvalue weighted by Crippen LogP contribution is -2.13. The number of ether oxygens (including phenoxy) is 2. The largest absolute Gasteiger partial charge is 0.350 e. The molecule has 0 radical (unpaired) electrons. The van der Waals surface area contributed by atoms with Crippen molar-refractivity contribution >= 4 is 0 Å². The molecule has 5 heteroatoms. The van der Waals surface area contributed by atoms with Crippen LogP contribution in [0, 0.1) is 5.82 Å². The van der Waals surface area contributed by atoms with Gasteiger partial charge in [0.2, 0.25) is 6.29 Å². The highest BCUT2D eigenvalue weighted by molar-refractivity contribution is 5.62. The maximum Gasteiger partial charge on any atom is 0.200 e. The number of imidazole rings is 1. The molecule has 1 aromatic heterocycles. The molecule has 1 aromatic carbocycles. The predicted molar refractivity (Wildman–Crippen MR) is 74.8 cm³/mol. The number of hydrogen-bond acceptors (Lipinski definition) is 3. The van der Waals surface area contributed by atoms with Crippen LogP contribution in [0.4, 0.5) is 4.39 Å². The normalized spacial score (nSPS) is 11.6. The lowest BCUT2D eigenvalue weighted by molar-refractivity contribution is -0.110. The molecule has 0 N–H and O–H groups in total. The first-order chi connectivity index (χ1) is 9.58. The molecule has 4 nitrogen and oxygen atoms in total. The van der Waals surface area contributed by atoms with Gasteiger partial charge < -0.3 is 14.0 Å². The Hall–Kier alpha value is -1.72. The van der Waals surface area contributed by atoms with Gasteiger partial charge in [-0.2, -0.15) is 0 Å². The monoisotopic (exact) mass is 278 g/mol. The van der Waals surface area contributed by atoms with E-state index in [1.165, 1.54) is 12.1 Å². The molecule has 0 aliphatic heterocycles. The Kier molecular flexibility index (Phi) is 4.52. The van der Waals surface area contributed by atoms with E-state index < -0.39 is 6.29 Å². The lowest BCUT2D eigenvalue weighted by Gasteiger charge is -2.19. The van der Waals surface area contributed by atoms with Gasteiger partial charge >= 0.3 is 0 Å². The number of halogens is 1. The first kappa shape index (κ1) is 14.7. The van der Waals surface area contributed by atoms with Crippen LogP contribution in [-0.2, 0) is 9.47 Å². The van der Waals surface area contributed by atoms with Gasteiger partial charge in [-0.15, -0.1) is 0 Å². The second kappa shape index (κ2) is 6.15. The summed E-state index contributed by atoms with van der Waals surface area (Å²) in [7, 11) is 3.17. The standard InChI is InChI=1S/C15H19FN2O2/c1-10(2)18-9-17-13(14(18)15(19-3)20-4)11-5-7-12(16)8-6-11/h5-10,15H,1-4H3. The third-order valence-electron chi connectivity index (χ3n) is 3.16. The summed E-state index contributed by atoms with van der Waals surface area (Å²) in [6.45, 7) is 4.12. The van der Waals surface area contributed by atoms with Crippen LogP contribution in [0.1, 0.15) is 31.9 Å². The summed E-state index contributed by atoms with van der Waals surface area (Å²) in [5.41, 5.74) is 2.41. The maximum absolute atomic E-state index is 13.1. The van der Waals surface area contributed by atoms with Crippen LogP contribution < -0.4 is 0 Å².